The van der Waals surface area contributed by atoms with Gasteiger partial charge in [0.05, 0.1) is 12.1 Å². The van der Waals surface area contributed by atoms with Gasteiger partial charge in [-0.05, 0) is 31.0 Å². The van der Waals surface area contributed by atoms with Gasteiger partial charge in [-0.1, -0.05) is 19.9 Å². The maximum Gasteiger partial charge on any atom is 0.265 e. The van der Waals surface area contributed by atoms with Gasteiger partial charge in [-0.2, -0.15) is 0 Å². The average molecular weight is 373 g/mol. The first kappa shape index (κ1) is 19.2. The predicted octanol–water partition coefficient (Wildman–Crippen LogP) is 1.67. The van der Waals surface area contributed by atoms with E-state index in [0.717, 1.165) is 12.0 Å². The van der Waals surface area contributed by atoms with Crippen molar-refractivity contribution in [1.29, 1.82) is 0 Å². The number of carbonyl (C=O) groups is 3. The SMILES string of the molecule is CC(C)C(=O)N1CCCN(C(=O)Cc2ccc3c(c2)NC(=O)C(C)O3)CC1. The van der Waals surface area contributed by atoms with Gasteiger partial charge in [-0.3, -0.25) is 14.4 Å². The first-order valence-corrected chi connectivity index (χ1v) is 9.52. The molecule has 0 radical (unpaired) electrons. The second-order valence-corrected chi connectivity index (χ2v) is 7.47. The molecule has 2 aliphatic rings. The third-order valence-corrected chi connectivity index (χ3v) is 4.98. The molecule has 1 saturated heterocycles. The molecule has 3 rings (SSSR count). The van der Waals surface area contributed by atoms with E-state index < -0.39 is 6.10 Å². The summed E-state index contributed by atoms with van der Waals surface area (Å²) in [7, 11) is 0. The van der Waals surface area contributed by atoms with Crippen LogP contribution in [0.15, 0.2) is 18.2 Å². The molecule has 1 unspecified atom stereocenters. The second-order valence-electron chi connectivity index (χ2n) is 7.47. The van der Waals surface area contributed by atoms with E-state index in [0.29, 0.717) is 37.6 Å². The van der Waals surface area contributed by atoms with E-state index in [-0.39, 0.29) is 30.1 Å². The Morgan fingerprint density at radius 3 is 2.63 bits per heavy atom. The molecule has 0 bridgehead atoms. The fraction of sp³-hybridized carbons (Fsp3) is 0.550. The fourth-order valence-corrected chi connectivity index (χ4v) is 3.40. The van der Waals surface area contributed by atoms with Crippen LogP contribution in [0.4, 0.5) is 5.69 Å². The Kier molecular flexibility index (Phi) is 5.68. The van der Waals surface area contributed by atoms with Crippen molar-refractivity contribution in [2.24, 2.45) is 5.92 Å². The quantitative estimate of drug-likeness (QED) is 0.874. The summed E-state index contributed by atoms with van der Waals surface area (Å²) in [6.07, 6.45) is 0.533. The van der Waals surface area contributed by atoms with Crippen LogP contribution in [-0.4, -0.2) is 59.8 Å². The summed E-state index contributed by atoms with van der Waals surface area (Å²) in [5, 5.41) is 2.81. The van der Waals surface area contributed by atoms with E-state index >= 15 is 0 Å². The predicted molar refractivity (Wildman–Crippen MR) is 101 cm³/mol. The molecular formula is C20H27N3O4. The molecule has 1 aromatic carbocycles. The number of rotatable bonds is 3. The number of hydrogen-bond donors (Lipinski definition) is 1. The smallest absolute Gasteiger partial charge is 0.265 e. The zero-order chi connectivity index (χ0) is 19.6. The monoisotopic (exact) mass is 373 g/mol. The Morgan fingerprint density at radius 1 is 1.19 bits per heavy atom. The van der Waals surface area contributed by atoms with Gasteiger partial charge in [0.2, 0.25) is 11.8 Å². The summed E-state index contributed by atoms with van der Waals surface area (Å²) < 4.78 is 5.55. The lowest BCUT2D eigenvalue weighted by Gasteiger charge is -2.25. The molecule has 7 heteroatoms. The number of benzene rings is 1. The zero-order valence-electron chi connectivity index (χ0n) is 16.2. The van der Waals surface area contributed by atoms with E-state index in [2.05, 4.69) is 5.32 Å². The van der Waals surface area contributed by atoms with E-state index in [1.807, 2.05) is 29.7 Å². The van der Waals surface area contributed by atoms with Crippen LogP contribution < -0.4 is 10.1 Å². The molecule has 146 valence electrons. The summed E-state index contributed by atoms with van der Waals surface area (Å²) in [6, 6.07) is 5.44. The van der Waals surface area contributed by atoms with Crippen molar-refractivity contribution in [3.63, 3.8) is 0 Å². The number of anilines is 1. The van der Waals surface area contributed by atoms with Gasteiger partial charge >= 0.3 is 0 Å². The topological polar surface area (TPSA) is 79.0 Å². The van der Waals surface area contributed by atoms with Gasteiger partial charge in [-0.15, -0.1) is 0 Å². The summed E-state index contributed by atoms with van der Waals surface area (Å²) in [5.41, 5.74) is 1.43. The molecule has 0 spiro atoms. The van der Waals surface area contributed by atoms with Crippen LogP contribution in [-0.2, 0) is 20.8 Å². The van der Waals surface area contributed by atoms with Gasteiger partial charge in [0, 0.05) is 32.1 Å². The molecule has 0 saturated carbocycles. The van der Waals surface area contributed by atoms with Crippen molar-refractivity contribution in [2.45, 2.75) is 39.7 Å². The Morgan fingerprint density at radius 2 is 1.89 bits per heavy atom. The van der Waals surface area contributed by atoms with Crippen LogP contribution in [0.1, 0.15) is 32.8 Å². The molecule has 3 amide bonds. The van der Waals surface area contributed by atoms with E-state index in [1.54, 1.807) is 19.1 Å². The summed E-state index contributed by atoms with van der Waals surface area (Å²) in [6.45, 7) is 7.98. The molecule has 1 fully saturated rings. The lowest BCUT2D eigenvalue weighted by atomic mass is 10.1. The molecule has 0 aliphatic carbocycles. The molecule has 1 aromatic rings. The maximum atomic E-state index is 12.7. The highest BCUT2D eigenvalue weighted by atomic mass is 16.5. The van der Waals surface area contributed by atoms with Crippen molar-refractivity contribution < 1.29 is 19.1 Å². The minimum atomic E-state index is -0.515. The summed E-state index contributed by atoms with van der Waals surface area (Å²) in [5.74, 6) is 0.585. The Bertz CT molecular complexity index is 747. The lowest BCUT2D eigenvalue weighted by Crippen LogP contribution is -2.39. The number of carbonyl (C=O) groups excluding carboxylic acids is 3. The molecular weight excluding hydrogens is 346 g/mol. The third-order valence-electron chi connectivity index (χ3n) is 4.98. The van der Waals surface area contributed by atoms with Gasteiger partial charge in [-0.25, -0.2) is 0 Å². The molecule has 2 heterocycles. The maximum absolute atomic E-state index is 12.7. The van der Waals surface area contributed by atoms with Crippen LogP contribution >= 0.6 is 0 Å². The molecule has 1 atom stereocenters. The number of nitrogens with zero attached hydrogens (tertiary/aromatic N) is 2. The van der Waals surface area contributed by atoms with Crippen molar-refractivity contribution in [1.82, 2.24) is 9.80 Å². The van der Waals surface area contributed by atoms with Crippen molar-refractivity contribution in [3.8, 4) is 5.75 Å². The molecule has 7 nitrogen and oxygen atoms in total. The number of nitrogens with one attached hydrogen (secondary N) is 1. The highest BCUT2D eigenvalue weighted by Crippen LogP contribution is 2.30. The lowest BCUT2D eigenvalue weighted by molar-refractivity contribution is -0.135. The van der Waals surface area contributed by atoms with Crippen LogP contribution in [0, 0.1) is 5.92 Å². The highest BCUT2D eigenvalue weighted by Gasteiger charge is 2.25. The normalized spacial score (nSPS) is 19.9. The number of ether oxygens (including phenoxy) is 1. The van der Waals surface area contributed by atoms with E-state index in [4.69, 9.17) is 4.74 Å². The van der Waals surface area contributed by atoms with Gasteiger partial charge in [0.1, 0.15) is 5.75 Å². The third kappa shape index (κ3) is 4.40. The number of fused-ring (bicyclic) bond motifs is 1. The van der Waals surface area contributed by atoms with Crippen LogP contribution in [0.5, 0.6) is 5.75 Å². The van der Waals surface area contributed by atoms with Crippen molar-refractivity contribution in [3.05, 3.63) is 23.8 Å². The van der Waals surface area contributed by atoms with Crippen LogP contribution in [0.25, 0.3) is 0 Å². The molecule has 27 heavy (non-hydrogen) atoms. The Labute approximate surface area is 159 Å². The van der Waals surface area contributed by atoms with Crippen LogP contribution in [0.3, 0.4) is 0 Å². The molecule has 0 aromatic heterocycles. The van der Waals surface area contributed by atoms with Gasteiger partial charge in [0.15, 0.2) is 6.10 Å². The van der Waals surface area contributed by atoms with Gasteiger partial charge < -0.3 is 19.9 Å². The van der Waals surface area contributed by atoms with Crippen LogP contribution in [0.2, 0.25) is 0 Å². The minimum Gasteiger partial charge on any atom is -0.479 e. The fourth-order valence-electron chi connectivity index (χ4n) is 3.40. The first-order chi connectivity index (χ1) is 12.8. The largest absolute Gasteiger partial charge is 0.479 e. The van der Waals surface area contributed by atoms with E-state index in [1.165, 1.54) is 0 Å². The molecule has 2 aliphatic heterocycles. The van der Waals surface area contributed by atoms with Gasteiger partial charge in [0.25, 0.3) is 5.91 Å². The average Bonchev–Trinajstić information content (AvgIpc) is 2.88. The summed E-state index contributed by atoms with van der Waals surface area (Å²) in [4.78, 5) is 40.3. The second kappa shape index (κ2) is 7.98. The number of hydrogen-bond acceptors (Lipinski definition) is 4. The Balaban J connectivity index is 1.62. The number of amides is 3. The van der Waals surface area contributed by atoms with Crippen molar-refractivity contribution >= 4 is 23.4 Å². The van der Waals surface area contributed by atoms with E-state index in [9.17, 15) is 14.4 Å². The minimum absolute atomic E-state index is 0.0251. The first-order valence-electron chi connectivity index (χ1n) is 9.52. The molecule has 1 N–H and O–H groups in total. The van der Waals surface area contributed by atoms with Crippen molar-refractivity contribution in [2.75, 3.05) is 31.5 Å². The highest BCUT2D eigenvalue weighted by molar-refractivity contribution is 5.97. The summed E-state index contributed by atoms with van der Waals surface area (Å²) >= 11 is 0. The zero-order valence-corrected chi connectivity index (χ0v) is 16.2. The standard InChI is InChI=1S/C20H27N3O4/c1-13(2)20(26)23-8-4-7-22(9-10-23)18(24)12-15-5-6-17-16(11-15)21-19(25)14(3)27-17/h5-6,11,13-14H,4,7-10,12H2,1-3H3,(H,21,25). The Hall–Kier alpha value is -2.57.